The Kier molecular flexibility index (Phi) is 4.37. The van der Waals surface area contributed by atoms with Crippen molar-refractivity contribution in [3.8, 4) is 0 Å². The van der Waals surface area contributed by atoms with E-state index >= 15 is 0 Å². The van der Waals surface area contributed by atoms with Crippen molar-refractivity contribution in [1.82, 2.24) is 19.6 Å². The zero-order chi connectivity index (χ0) is 13.1. The Morgan fingerprint density at radius 1 is 1.39 bits per heavy atom. The van der Waals surface area contributed by atoms with Crippen molar-refractivity contribution in [1.29, 1.82) is 0 Å². The summed E-state index contributed by atoms with van der Waals surface area (Å²) in [6, 6.07) is 2.62. The Balaban J connectivity index is 1.99. The van der Waals surface area contributed by atoms with Crippen molar-refractivity contribution in [3.05, 3.63) is 18.0 Å². The molecular weight excluding hydrogens is 226 g/mol. The second-order valence-electron chi connectivity index (χ2n) is 5.51. The van der Waals surface area contributed by atoms with Crippen LogP contribution in [0.25, 0.3) is 0 Å². The van der Waals surface area contributed by atoms with Crippen LogP contribution < -0.4 is 5.73 Å². The first-order valence-electron chi connectivity index (χ1n) is 6.69. The van der Waals surface area contributed by atoms with E-state index in [1.165, 1.54) is 6.42 Å². The summed E-state index contributed by atoms with van der Waals surface area (Å²) in [6.45, 7) is 3.34. The molecule has 1 aliphatic heterocycles. The van der Waals surface area contributed by atoms with Crippen molar-refractivity contribution >= 4 is 0 Å². The number of likely N-dealkylation sites (N-methyl/N-ethyl adjacent to an activating group) is 2. The molecule has 1 fully saturated rings. The summed E-state index contributed by atoms with van der Waals surface area (Å²) < 4.78 is 1.84. The summed E-state index contributed by atoms with van der Waals surface area (Å²) in [4.78, 5) is 4.78. The fraction of sp³-hybridized carbons (Fsp3) is 0.769. The van der Waals surface area contributed by atoms with Crippen molar-refractivity contribution < 1.29 is 0 Å². The molecule has 0 saturated carbocycles. The topological polar surface area (TPSA) is 50.3 Å². The van der Waals surface area contributed by atoms with E-state index in [0.717, 1.165) is 31.7 Å². The predicted molar refractivity (Wildman–Crippen MR) is 73.4 cm³/mol. The third kappa shape index (κ3) is 3.31. The molecule has 1 aromatic heterocycles. The van der Waals surface area contributed by atoms with Crippen LogP contribution in [0.4, 0.5) is 0 Å². The normalized spacial score (nSPS) is 25.0. The molecule has 0 aliphatic carbocycles. The number of hydrogen-bond acceptors (Lipinski definition) is 4. The fourth-order valence-corrected chi connectivity index (χ4v) is 2.72. The van der Waals surface area contributed by atoms with Crippen LogP contribution in [0.5, 0.6) is 0 Å². The molecule has 1 saturated heterocycles. The molecule has 18 heavy (non-hydrogen) atoms. The highest BCUT2D eigenvalue weighted by molar-refractivity contribution is 5.03. The molecule has 2 atom stereocenters. The van der Waals surface area contributed by atoms with Crippen molar-refractivity contribution in [2.24, 2.45) is 12.8 Å². The van der Waals surface area contributed by atoms with Gasteiger partial charge in [0.2, 0.25) is 0 Å². The van der Waals surface area contributed by atoms with Crippen LogP contribution in [0.3, 0.4) is 0 Å². The zero-order valence-electron chi connectivity index (χ0n) is 11.7. The van der Waals surface area contributed by atoms with Crippen LogP contribution in [0, 0.1) is 0 Å². The summed E-state index contributed by atoms with van der Waals surface area (Å²) in [5, 5.41) is 4.42. The molecule has 2 heterocycles. The summed E-state index contributed by atoms with van der Waals surface area (Å²) in [5.74, 6) is 0. The predicted octanol–water partition coefficient (Wildman–Crippen LogP) is -0.0742. The van der Waals surface area contributed by atoms with Crippen LogP contribution in [0.15, 0.2) is 12.3 Å². The maximum atomic E-state index is 6.39. The Labute approximate surface area is 110 Å². The summed E-state index contributed by atoms with van der Waals surface area (Å²) in [6.07, 6.45) is 4.05. The molecule has 2 N–H and O–H groups in total. The molecule has 0 bridgehead atoms. The van der Waals surface area contributed by atoms with E-state index in [1.807, 2.05) is 17.9 Å². The first kappa shape index (κ1) is 13.5. The Bertz CT molecular complexity index is 375. The lowest BCUT2D eigenvalue weighted by atomic mass is 10.0. The largest absolute Gasteiger partial charge is 0.326 e. The second kappa shape index (κ2) is 5.82. The lowest BCUT2D eigenvalue weighted by molar-refractivity contribution is 0.194. The minimum atomic E-state index is 0.144. The Morgan fingerprint density at radius 3 is 2.83 bits per heavy atom. The molecule has 0 spiro atoms. The Hall–Kier alpha value is -0.910. The van der Waals surface area contributed by atoms with Gasteiger partial charge in [0.15, 0.2) is 0 Å². The summed E-state index contributed by atoms with van der Waals surface area (Å²) in [5.41, 5.74) is 7.48. The van der Waals surface area contributed by atoms with Gasteiger partial charge >= 0.3 is 0 Å². The number of aromatic nitrogens is 2. The molecule has 2 unspecified atom stereocenters. The van der Waals surface area contributed by atoms with E-state index in [0.29, 0.717) is 6.04 Å². The molecule has 0 aromatic carbocycles. The van der Waals surface area contributed by atoms with Gasteiger partial charge in [0.05, 0.1) is 5.69 Å². The van der Waals surface area contributed by atoms with E-state index in [1.54, 1.807) is 0 Å². The van der Waals surface area contributed by atoms with E-state index < -0.39 is 0 Å². The quantitative estimate of drug-likeness (QED) is 0.817. The summed E-state index contributed by atoms with van der Waals surface area (Å²) >= 11 is 0. The van der Waals surface area contributed by atoms with Gasteiger partial charge in [-0.1, -0.05) is 0 Å². The minimum absolute atomic E-state index is 0.144. The minimum Gasteiger partial charge on any atom is -0.326 e. The van der Waals surface area contributed by atoms with E-state index in [2.05, 4.69) is 35.1 Å². The molecule has 1 aromatic rings. The highest BCUT2D eigenvalue weighted by Crippen LogP contribution is 2.12. The van der Waals surface area contributed by atoms with Gasteiger partial charge in [-0.05, 0) is 39.7 Å². The molecule has 2 rings (SSSR count). The second-order valence-corrected chi connectivity index (χ2v) is 5.51. The number of nitrogens with zero attached hydrogens (tertiary/aromatic N) is 4. The van der Waals surface area contributed by atoms with Crippen LogP contribution in [-0.2, 0) is 13.5 Å². The lowest BCUT2D eigenvalue weighted by Gasteiger charge is -2.32. The van der Waals surface area contributed by atoms with Gasteiger partial charge in [-0.2, -0.15) is 5.10 Å². The fourth-order valence-electron chi connectivity index (χ4n) is 2.72. The maximum Gasteiger partial charge on any atom is 0.0640 e. The third-order valence-electron chi connectivity index (χ3n) is 3.82. The van der Waals surface area contributed by atoms with Gasteiger partial charge < -0.3 is 15.5 Å². The molecule has 1 aliphatic rings. The molecule has 0 radical (unpaired) electrons. The molecule has 0 amide bonds. The number of rotatable bonds is 3. The van der Waals surface area contributed by atoms with Crippen LogP contribution in [0.1, 0.15) is 12.1 Å². The average molecular weight is 251 g/mol. The number of aryl methyl sites for hydroxylation is 1. The average Bonchev–Trinajstić information content (AvgIpc) is 2.62. The van der Waals surface area contributed by atoms with Crippen molar-refractivity contribution in [2.75, 3.05) is 33.7 Å². The standard InChI is InChI=1S/C13H25N5/c1-16-6-4-7-17(2)13(10-16)12(14)9-11-5-8-18(3)15-11/h5,8,12-13H,4,6-7,9-10,14H2,1-3H3. The zero-order valence-corrected chi connectivity index (χ0v) is 11.7. The van der Waals surface area contributed by atoms with Crippen LogP contribution in [-0.4, -0.2) is 65.4 Å². The lowest BCUT2D eigenvalue weighted by Crippen LogP contribution is -2.51. The van der Waals surface area contributed by atoms with Gasteiger partial charge in [-0.3, -0.25) is 4.68 Å². The van der Waals surface area contributed by atoms with Crippen molar-refractivity contribution in [3.63, 3.8) is 0 Å². The van der Waals surface area contributed by atoms with Crippen molar-refractivity contribution in [2.45, 2.75) is 24.9 Å². The van der Waals surface area contributed by atoms with Crippen LogP contribution in [0.2, 0.25) is 0 Å². The highest BCUT2D eigenvalue weighted by atomic mass is 15.3. The first-order valence-corrected chi connectivity index (χ1v) is 6.69. The molecule has 5 nitrogen and oxygen atoms in total. The molecule has 102 valence electrons. The molecule has 5 heteroatoms. The van der Waals surface area contributed by atoms with Crippen LogP contribution >= 0.6 is 0 Å². The van der Waals surface area contributed by atoms with E-state index in [4.69, 9.17) is 5.73 Å². The van der Waals surface area contributed by atoms with Gasteiger partial charge in [0.1, 0.15) is 0 Å². The smallest absolute Gasteiger partial charge is 0.0640 e. The van der Waals surface area contributed by atoms with E-state index in [9.17, 15) is 0 Å². The number of nitrogens with two attached hydrogens (primary N) is 1. The van der Waals surface area contributed by atoms with E-state index in [-0.39, 0.29) is 6.04 Å². The van der Waals surface area contributed by atoms with Gasteiger partial charge in [0.25, 0.3) is 0 Å². The van der Waals surface area contributed by atoms with Gasteiger partial charge in [-0.15, -0.1) is 0 Å². The first-order chi connectivity index (χ1) is 8.56. The SMILES string of the molecule is CN1CCCN(C)C(C(N)Cc2ccn(C)n2)C1. The summed E-state index contributed by atoms with van der Waals surface area (Å²) in [7, 11) is 6.31. The maximum absolute atomic E-state index is 6.39. The monoisotopic (exact) mass is 251 g/mol. The Morgan fingerprint density at radius 2 is 2.17 bits per heavy atom. The van der Waals surface area contributed by atoms with Gasteiger partial charge in [-0.25, -0.2) is 0 Å². The molecular formula is C13H25N5. The number of hydrogen-bond donors (Lipinski definition) is 1. The van der Waals surface area contributed by atoms with Gasteiger partial charge in [0, 0.05) is 38.3 Å². The highest BCUT2D eigenvalue weighted by Gasteiger charge is 2.26. The third-order valence-corrected chi connectivity index (χ3v) is 3.82.